The minimum atomic E-state index is -1.19. The molecule has 9 nitrogen and oxygen atoms in total. The zero-order chi connectivity index (χ0) is 29.0. The van der Waals surface area contributed by atoms with Crippen molar-refractivity contribution in [3.05, 3.63) is 11.6 Å². The van der Waals surface area contributed by atoms with Crippen LogP contribution in [0.1, 0.15) is 91.9 Å². The van der Waals surface area contributed by atoms with Crippen molar-refractivity contribution in [2.45, 2.75) is 140 Å². The van der Waals surface area contributed by atoms with Crippen molar-refractivity contribution in [2.24, 2.45) is 28.6 Å². The highest BCUT2D eigenvalue weighted by Gasteiger charge is 2.71. The fourth-order valence-corrected chi connectivity index (χ4v) is 10.7. The van der Waals surface area contributed by atoms with Gasteiger partial charge < -0.3 is 38.7 Å². The van der Waals surface area contributed by atoms with E-state index in [0.717, 1.165) is 31.1 Å². The van der Waals surface area contributed by atoms with Crippen LogP contribution in [0.25, 0.3) is 0 Å². The summed E-state index contributed by atoms with van der Waals surface area (Å²) >= 11 is 0. The summed E-state index contributed by atoms with van der Waals surface area (Å²) in [5.41, 5.74) is -2.44. The molecule has 9 heteroatoms. The van der Waals surface area contributed by atoms with Crippen LogP contribution in [-0.2, 0) is 33.3 Å². The molecular weight excluding hydrogens is 528 g/mol. The number of ether oxygens (including phenoxy) is 5. The fraction of sp³-hybridized carbons (Fsp3) is 0.875. The lowest BCUT2D eigenvalue weighted by Crippen LogP contribution is -2.69. The lowest BCUT2D eigenvalue weighted by Gasteiger charge is -2.65. The summed E-state index contributed by atoms with van der Waals surface area (Å²) < 4.78 is 30.0. The lowest BCUT2D eigenvalue weighted by atomic mass is 9.41. The Labute approximate surface area is 242 Å². The molecule has 228 valence electrons. The highest BCUT2D eigenvalue weighted by Crippen LogP contribution is 2.70. The Balaban J connectivity index is 1.08. The molecule has 0 unspecified atom stereocenters. The van der Waals surface area contributed by atoms with E-state index < -0.39 is 28.7 Å². The van der Waals surface area contributed by atoms with Crippen molar-refractivity contribution in [3.63, 3.8) is 0 Å². The van der Waals surface area contributed by atoms with E-state index in [4.69, 9.17) is 23.7 Å². The monoisotopic (exact) mass is 574 g/mol. The average molecular weight is 575 g/mol. The first-order valence-electron chi connectivity index (χ1n) is 15.8. The van der Waals surface area contributed by atoms with E-state index in [0.29, 0.717) is 51.6 Å². The molecule has 4 saturated carbocycles. The Hall–Kier alpha value is -1.36. The van der Waals surface area contributed by atoms with Gasteiger partial charge >= 0.3 is 5.97 Å². The second-order valence-corrected chi connectivity index (χ2v) is 14.9. The maximum absolute atomic E-state index is 13.1. The SMILES string of the molecule is C[C@@H]1O[C@H](O[C@@H]2CC[C@]3(C=O)[C@@H]4CC[C@]5(C)[C@H](C6=CC(=O)OC6)CC[C@]5(O)[C@@H]4CC[C@]3(O)C2)C[C@H]2OC(C)(C)O[C@H]12. The second-order valence-electron chi connectivity index (χ2n) is 14.9. The van der Waals surface area contributed by atoms with Gasteiger partial charge in [-0.1, -0.05) is 6.92 Å². The molecule has 2 N–H and O–H groups in total. The smallest absolute Gasteiger partial charge is 0.331 e. The summed E-state index contributed by atoms with van der Waals surface area (Å²) in [5, 5.41) is 24.7. The summed E-state index contributed by atoms with van der Waals surface area (Å²) in [6, 6.07) is 0. The number of carbonyl (C=O) groups is 2. The van der Waals surface area contributed by atoms with E-state index in [9.17, 15) is 19.8 Å². The first-order chi connectivity index (χ1) is 19.3. The van der Waals surface area contributed by atoms with Gasteiger partial charge in [0.15, 0.2) is 12.1 Å². The Morgan fingerprint density at radius 3 is 2.51 bits per heavy atom. The molecule has 0 aromatic rings. The predicted molar refractivity (Wildman–Crippen MR) is 145 cm³/mol. The van der Waals surface area contributed by atoms with Crippen LogP contribution in [0.4, 0.5) is 0 Å². The molecule has 3 aliphatic heterocycles. The number of rotatable bonds is 4. The van der Waals surface area contributed by atoms with Gasteiger partial charge in [-0.25, -0.2) is 4.79 Å². The van der Waals surface area contributed by atoms with Crippen LogP contribution in [0, 0.1) is 28.6 Å². The van der Waals surface area contributed by atoms with Crippen molar-refractivity contribution in [1.29, 1.82) is 0 Å². The topological polar surface area (TPSA) is 121 Å². The minimum absolute atomic E-state index is 0.0739. The van der Waals surface area contributed by atoms with Gasteiger partial charge in [-0.05, 0) is 95.5 Å². The van der Waals surface area contributed by atoms with Gasteiger partial charge in [0.05, 0.1) is 34.9 Å². The normalized spacial score (nSPS) is 53.9. The van der Waals surface area contributed by atoms with E-state index in [-0.39, 0.29) is 53.6 Å². The summed E-state index contributed by atoms with van der Waals surface area (Å²) in [7, 11) is 0. The molecule has 7 rings (SSSR count). The highest BCUT2D eigenvalue weighted by molar-refractivity contribution is 5.85. The second kappa shape index (κ2) is 9.32. The number of hydrogen-bond donors (Lipinski definition) is 2. The number of cyclic esters (lactones) is 1. The number of aliphatic hydroxyl groups is 2. The lowest BCUT2D eigenvalue weighted by molar-refractivity contribution is -0.278. The van der Waals surface area contributed by atoms with Crippen LogP contribution in [-0.4, -0.2) is 76.8 Å². The molecular formula is C32H46O9. The van der Waals surface area contributed by atoms with Gasteiger partial charge in [-0.3, -0.25) is 0 Å². The maximum Gasteiger partial charge on any atom is 0.331 e. The Morgan fingerprint density at radius 2 is 1.78 bits per heavy atom. The Bertz CT molecular complexity index is 1140. The van der Waals surface area contributed by atoms with Gasteiger partial charge in [0, 0.05) is 24.3 Å². The molecule has 6 fully saturated rings. The van der Waals surface area contributed by atoms with Crippen LogP contribution in [0.2, 0.25) is 0 Å². The summed E-state index contributed by atoms with van der Waals surface area (Å²) in [4.78, 5) is 24.9. The van der Waals surface area contributed by atoms with Gasteiger partial charge in [0.1, 0.15) is 19.0 Å². The van der Waals surface area contributed by atoms with E-state index in [1.54, 1.807) is 6.08 Å². The molecule has 0 bridgehead atoms. The number of esters is 1. The molecule has 7 aliphatic rings. The molecule has 0 aromatic carbocycles. The number of fused-ring (bicyclic) bond motifs is 6. The zero-order valence-electron chi connectivity index (χ0n) is 24.8. The van der Waals surface area contributed by atoms with Crippen molar-refractivity contribution < 1.29 is 43.5 Å². The molecule has 3 heterocycles. The molecule has 12 atom stereocenters. The third-order valence-corrected chi connectivity index (χ3v) is 12.7. The average Bonchev–Trinajstić information content (AvgIpc) is 3.55. The van der Waals surface area contributed by atoms with Crippen LogP contribution in [0.5, 0.6) is 0 Å². The Morgan fingerprint density at radius 1 is 1.00 bits per heavy atom. The highest BCUT2D eigenvalue weighted by atomic mass is 16.8. The minimum Gasteiger partial charge on any atom is -0.458 e. The molecule has 0 radical (unpaired) electrons. The molecule has 41 heavy (non-hydrogen) atoms. The molecule has 0 amide bonds. The van der Waals surface area contributed by atoms with E-state index >= 15 is 0 Å². The van der Waals surface area contributed by atoms with Crippen molar-refractivity contribution >= 4 is 12.3 Å². The predicted octanol–water partition coefficient (Wildman–Crippen LogP) is 3.58. The standard InChI is InChI=1S/C32H46O9/c1-18-27-24(40-28(2,3)41-27)14-26(38-18)39-20-5-10-30(17-33)22-6-9-29(4)21(19-13-25(34)37-16-19)8-12-32(29,36)23(22)7-11-31(30,35)15-20/h13,17-18,20-24,26-27,35-36H,5-12,14-16H2,1-4H3/t18-,20+,21-,22+,23+,24+,26+,27+,29+,30-,31-,32-/m0/s1. The van der Waals surface area contributed by atoms with Crippen LogP contribution < -0.4 is 0 Å². The van der Waals surface area contributed by atoms with Crippen molar-refractivity contribution in [2.75, 3.05) is 6.61 Å². The summed E-state index contributed by atoms with van der Waals surface area (Å²) in [6.45, 7) is 8.28. The Kier molecular flexibility index (Phi) is 6.46. The first-order valence-corrected chi connectivity index (χ1v) is 15.8. The summed E-state index contributed by atoms with van der Waals surface area (Å²) in [6.07, 6.45) is 7.78. The summed E-state index contributed by atoms with van der Waals surface area (Å²) in [5.74, 6) is -1.02. The fourth-order valence-electron chi connectivity index (χ4n) is 10.7. The van der Waals surface area contributed by atoms with Crippen molar-refractivity contribution in [1.82, 2.24) is 0 Å². The van der Waals surface area contributed by atoms with Gasteiger partial charge in [0.25, 0.3) is 0 Å². The third kappa shape index (κ3) is 4.02. The molecule has 0 spiro atoms. The number of carbonyl (C=O) groups excluding carboxylic acids is 2. The van der Waals surface area contributed by atoms with Gasteiger partial charge in [-0.2, -0.15) is 0 Å². The van der Waals surface area contributed by atoms with E-state index in [2.05, 4.69) is 6.92 Å². The van der Waals surface area contributed by atoms with Gasteiger partial charge in [-0.15, -0.1) is 0 Å². The van der Waals surface area contributed by atoms with Crippen LogP contribution >= 0.6 is 0 Å². The quantitative estimate of drug-likeness (QED) is 0.295. The van der Waals surface area contributed by atoms with Crippen LogP contribution in [0.15, 0.2) is 11.6 Å². The maximum atomic E-state index is 13.1. The van der Waals surface area contributed by atoms with Crippen LogP contribution in [0.3, 0.4) is 0 Å². The molecule has 2 saturated heterocycles. The zero-order valence-corrected chi connectivity index (χ0v) is 24.8. The van der Waals surface area contributed by atoms with Crippen molar-refractivity contribution in [3.8, 4) is 0 Å². The third-order valence-electron chi connectivity index (χ3n) is 12.7. The number of hydrogen-bond acceptors (Lipinski definition) is 9. The first kappa shape index (κ1) is 28.4. The van der Waals surface area contributed by atoms with E-state index in [1.165, 1.54) is 0 Å². The number of aldehydes is 1. The molecule has 0 aromatic heterocycles. The van der Waals surface area contributed by atoms with E-state index in [1.807, 2.05) is 20.8 Å². The van der Waals surface area contributed by atoms with Gasteiger partial charge in [0.2, 0.25) is 0 Å². The largest absolute Gasteiger partial charge is 0.458 e. The molecule has 4 aliphatic carbocycles.